The topological polar surface area (TPSA) is 54.9 Å². The van der Waals surface area contributed by atoms with Gasteiger partial charge < -0.3 is 5.32 Å². The van der Waals surface area contributed by atoms with Gasteiger partial charge in [-0.2, -0.15) is 0 Å². The molecule has 0 saturated heterocycles. The molecule has 29 heavy (non-hydrogen) atoms. The van der Waals surface area contributed by atoms with E-state index in [1.807, 2.05) is 72.2 Å². The number of nitrogens with one attached hydrogen (secondary N) is 1. The number of nitrogens with zero attached hydrogens (tertiary/aromatic N) is 2. The minimum Gasteiger partial charge on any atom is -0.322 e. The first-order valence-corrected chi connectivity index (χ1v) is 11.1. The Kier molecular flexibility index (Phi) is 6.03. The van der Waals surface area contributed by atoms with Crippen molar-refractivity contribution in [1.29, 1.82) is 0 Å². The Morgan fingerprint density at radius 3 is 2.76 bits per heavy atom. The summed E-state index contributed by atoms with van der Waals surface area (Å²) in [5.41, 5.74) is 4.28. The summed E-state index contributed by atoms with van der Waals surface area (Å²) in [4.78, 5) is 22.7. The highest BCUT2D eigenvalue weighted by atomic mass is 32.2. The molecule has 0 aliphatic rings. The zero-order chi connectivity index (χ0) is 20.1. The molecular weight excluding hydrogens is 398 g/mol. The second-order valence-corrected chi connectivity index (χ2v) is 8.41. The second-order valence-electron chi connectivity index (χ2n) is 6.24. The molecule has 0 aliphatic heterocycles. The number of amides is 1. The lowest BCUT2D eigenvalue weighted by atomic mass is 10.1. The lowest BCUT2D eigenvalue weighted by Gasteiger charge is -2.10. The number of rotatable bonds is 6. The Morgan fingerprint density at radius 1 is 1.07 bits per heavy atom. The molecule has 0 fully saturated rings. The van der Waals surface area contributed by atoms with Crippen molar-refractivity contribution in [1.82, 2.24) is 9.97 Å². The van der Waals surface area contributed by atoms with E-state index in [0.29, 0.717) is 5.56 Å². The van der Waals surface area contributed by atoms with Crippen molar-refractivity contribution in [3.63, 3.8) is 0 Å². The van der Waals surface area contributed by atoms with Crippen molar-refractivity contribution in [2.75, 3.05) is 11.1 Å². The quantitative estimate of drug-likeness (QED) is 0.378. The predicted molar refractivity (Wildman–Crippen MR) is 122 cm³/mol. The predicted octanol–water partition coefficient (Wildman–Crippen LogP) is 6.24. The van der Waals surface area contributed by atoms with Gasteiger partial charge in [0.2, 0.25) is 0 Å². The second kappa shape index (κ2) is 9.03. The summed E-state index contributed by atoms with van der Waals surface area (Å²) in [6.07, 6.45) is 3.56. The molecule has 0 aliphatic carbocycles. The average molecular weight is 418 g/mol. The molecule has 144 valence electrons. The maximum atomic E-state index is 12.8. The van der Waals surface area contributed by atoms with E-state index in [2.05, 4.69) is 17.2 Å². The number of thiazole rings is 1. The van der Waals surface area contributed by atoms with Crippen LogP contribution in [0.15, 0.2) is 83.3 Å². The molecule has 1 N–H and O–H groups in total. The van der Waals surface area contributed by atoms with E-state index in [4.69, 9.17) is 4.98 Å². The molecule has 2 heterocycles. The summed E-state index contributed by atoms with van der Waals surface area (Å²) >= 11 is 3.25. The van der Waals surface area contributed by atoms with Crippen LogP contribution in [0, 0.1) is 0 Å². The number of pyridine rings is 1. The van der Waals surface area contributed by atoms with Crippen molar-refractivity contribution in [2.45, 2.75) is 11.8 Å². The van der Waals surface area contributed by atoms with Crippen molar-refractivity contribution < 1.29 is 4.79 Å². The maximum Gasteiger partial charge on any atom is 0.256 e. The molecular formula is C23H19N3OS2. The lowest BCUT2D eigenvalue weighted by molar-refractivity contribution is 0.102. The largest absolute Gasteiger partial charge is 0.322 e. The lowest BCUT2D eigenvalue weighted by Crippen LogP contribution is -2.13. The number of carbonyl (C=O) groups is 1. The van der Waals surface area contributed by atoms with E-state index >= 15 is 0 Å². The third kappa shape index (κ3) is 4.55. The number of benzene rings is 2. The summed E-state index contributed by atoms with van der Waals surface area (Å²) in [5, 5.41) is 5.97. The summed E-state index contributed by atoms with van der Waals surface area (Å²) in [5.74, 6) is 0.816. The number of hydrogen-bond donors (Lipinski definition) is 1. The minimum atomic E-state index is -0.104. The molecule has 6 heteroatoms. The smallest absolute Gasteiger partial charge is 0.256 e. The molecule has 4 nitrogen and oxygen atoms in total. The van der Waals surface area contributed by atoms with Gasteiger partial charge in [-0.15, -0.1) is 23.1 Å². The molecule has 2 aromatic heterocycles. The van der Waals surface area contributed by atoms with Gasteiger partial charge in [-0.3, -0.25) is 9.78 Å². The van der Waals surface area contributed by atoms with Crippen LogP contribution in [0.3, 0.4) is 0 Å². The van der Waals surface area contributed by atoms with Gasteiger partial charge in [0.1, 0.15) is 5.01 Å². The Hall–Kier alpha value is -2.96. The van der Waals surface area contributed by atoms with Gasteiger partial charge in [0.15, 0.2) is 0 Å². The minimum absolute atomic E-state index is 0.104. The van der Waals surface area contributed by atoms with Crippen molar-refractivity contribution >= 4 is 34.7 Å². The van der Waals surface area contributed by atoms with Crippen LogP contribution in [0.2, 0.25) is 0 Å². The highest BCUT2D eigenvalue weighted by Crippen LogP contribution is 2.30. The maximum absolute atomic E-state index is 12.8. The van der Waals surface area contributed by atoms with Crippen molar-refractivity contribution in [2.24, 2.45) is 0 Å². The van der Waals surface area contributed by atoms with Gasteiger partial charge in [-0.25, -0.2) is 4.98 Å². The number of thioether (sulfide) groups is 1. The highest BCUT2D eigenvalue weighted by Gasteiger charge is 2.12. The van der Waals surface area contributed by atoms with Crippen molar-refractivity contribution in [3.8, 4) is 21.8 Å². The van der Waals surface area contributed by atoms with Crippen LogP contribution >= 0.6 is 23.1 Å². The Balaban J connectivity index is 1.56. The van der Waals surface area contributed by atoms with Crippen LogP contribution in [-0.4, -0.2) is 21.6 Å². The van der Waals surface area contributed by atoms with Gasteiger partial charge in [0.05, 0.1) is 11.3 Å². The number of hydrogen-bond acceptors (Lipinski definition) is 5. The fourth-order valence-corrected chi connectivity index (χ4v) is 4.54. The Morgan fingerprint density at radius 2 is 1.93 bits per heavy atom. The third-order valence-corrected chi connectivity index (χ3v) is 6.11. The van der Waals surface area contributed by atoms with Crippen LogP contribution < -0.4 is 5.32 Å². The first-order valence-electron chi connectivity index (χ1n) is 9.24. The first-order chi connectivity index (χ1) is 14.2. The monoisotopic (exact) mass is 417 g/mol. The zero-order valence-electron chi connectivity index (χ0n) is 15.8. The van der Waals surface area contributed by atoms with E-state index in [-0.39, 0.29) is 5.91 Å². The van der Waals surface area contributed by atoms with Crippen molar-refractivity contribution in [3.05, 3.63) is 84.0 Å². The molecule has 1 amide bonds. The standard InChI is InChI=1S/C23H19N3OS2/c1-2-28-21-11-4-3-10-19(21)22(27)25-18-9-5-7-16(13-18)20-15-29-23(26-20)17-8-6-12-24-14-17/h3-15H,2H2,1H3,(H,25,27). The van der Waals surface area contributed by atoms with Gasteiger partial charge in [0.25, 0.3) is 5.91 Å². The SMILES string of the molecule is CCSc1ccccc1C(=O)Nc1cccc(-c2csc(-c3cccnc3)n2)c1. The molecule has 0 atom stereocenters. The summed E-state index contributed by atoms with van der Waals surface area (Å²) in [6, 6.07) is 19.4. The van der Waals surface area contributed by atoms with Crippen LogP contribution in [0.1, 0.15) is 17.3 Å². The van der Waals surface area contributed by atoms with Gasteiger partial charge in [-0.1, -0.05) is 31.2 Å². The summed E-state index contributed by atoms with van der Waals surface area (Å²) in [6.45, 7) is 2.08. The number of carbonyl (C=O) groups excluding carboxylic acids is 1. The van der Waals surface area contributed by atoms with Gasteiger partial charge in [-0.05, 0) is 42.2 Å². The zero-order valence-corrected chi connectivity index (χ0v) is 17.5. The molecule has 0 saturated carbocycles. The fraction of sp³-hybridized carbons (Fsp3) is 0.0870. The average Bonchev–Trinajstić information content (AvgIpc) is 3.26. The molecule has 4 rings (SSSR count). The van der Waals surface area contributed by atoms with Crippen LogP contribution in [0.5, 0.6) is 0 Å². The molecule has 0 spiro atoms. The highest BCUT2D eigenvalue weighted by molar-refractivity contribution is 7.99. The van der Waals surface area contributed by atoms with Crippen LogP contribution in [-0.2, 0) is 0 Å². The normalized spacial score (nSPS) is 10.7. The number of aromatic nitrogens is 2. The van der Waals surface area contributed by atoms with E-state index in [1.165, 1.54) is 0 Å². The molecule has 2 aromatic carbocycles. The van der Waals surface area contributed by atoms with Gasteiger partial charge in [0, 0.05) is 39.5 Å². The summed E-state index contributed by atoms with van der Waals surface area (Å²) in [7, 11) is 0. The van der Waals surface area contributed by atoms with Crippen LogP contribution in [0.25, 0.3) is 21.8 Å². The first kappa shape index (κ1) is 19.4. The molecule has 0 bridgehead atoms. The van der Waals surface area contributed by atoms with E-state index in [9.17, 15) is 4.79 Å². The Bertz CT molecular complexity index is 1130. The van der Waals surface area contributed by atoms with E-state index < -0.39 is 0 Å². The fourth-order valence-electron chi connectivity index (χ4n) is 2.92. The summed E-state index contributed by atoms with van der Waals surface area (Å²) < 4.78 is 0. The molecule has 4 aromatic rings. The number of anilines is 1. The molecule has 0 unspecified atom stereocenters. The van der Waals surface area contributed by atoms with Gasteiger partial charge >= 0.3 is 0 Å². The molecule has 0 radical (unpaired) electrons. The van der Waals surface area contributed by atoms with E-state index in [1.54, 1.807) is 29.3 Å². The Labute approximate surface area is 178 Å². The van der Waals surface area contributed by atoms with E-state index in [0.717, 1.165) is 38.2 Å². The van der Waals surface area contributed by atoms with Crippen LogP contribution in [0.4, 0.5) is 5.69 Å². The third-order valence-electron chi connectivity index (χ3n) is 4.26.